The maximum absolute atomic E-state index is 13.2. The molecule has 1 aromatic carbocycles. The summed E-state index contributed by atoms with van der Waals surface area (Å²) in [5, 5.41) is 3.44. The van der Waals surface area contributed by atoms with Gasteiger partial charge >= 0.3 is 0 Å². The summed E-state index contributed by atoms with van der Waals surface area (Å²) in [6, 6.07) is 12.2. The molecule has 4 rings (SSSR count). The van der Waals surface area contributed by atoms with Crippen molar-refractivity contribution in [1.29, 1.82) is 0 Å². The summed E-state index contributed by atoms with van der Waals surface area (Å²) in [4.78, 5) is 26.9. The van der Waals surface area contributed by atoms with Gasteiger partial charge in [0.25, 0.3) is 0 Å². The minimum Gasteiger partial charge on any atom is -0.367 e. The molecule has 0 saturated heterocycles. The Balaban J connectivity index is 0.00000324. The van der Waals surface area contributed by atoms with Crippen LogP contribution in [0.3, 0.4) is 0 Å². The molecule has 1 fully saturated rings. The second-order valence-electron chi connectivity index (χ2n) is 8.17. The van der Waals surface area contributed by atoms with Gasteiger partial charge in [0.1, 0.15) is 24.4 Å². The van der Waals surface area contributed by atoms with E-state index in [0.29, 0.717) is 36.0 Å². The minimum absolute atomic E-state index is 0. The lowest BCUT2D eigenvalue weighted by molar-refractivity contribution is -0.203. The molecule has 34 heavy (non-hydrogen) atoms. The molecule has 2 atom stereocenters. The van der Waals surface area contributed by atoms with E-state index in [-0.39, 0.29) is 25.3 Å². The average molecular weight is 503 g/mol. The highest BCUT2D eigenvalue weighted by molar-refractivity contribution is 7.92. The summed E-state index contributed by atoms with van der Waals surface area (Å²) in [5.74, 6) is 6.28. The second-order valence-corrected chi connectivity index (χ2v) is 9.03. The van der Waals surface area contributed by atoms with E-state index in [1.807, 2.05) is 41.2 Å². The van der Waals surface area contributed by atoms with E-state index in [1.165, 1.54) is 16.3 Å². The van der Waals surface area contributed by atoms with Crippen LogP contribution in [0.15, 0.2) is 61.3 Å². The topological polar surface area (TPSA) is 108 Å². The van der Waals surface area contributed by atoms with Gasteiger partial charge in [-0.25, -0.2) is 14.9 Å². The Morgan fingerprint density at radius 1 is 1.29 bits per heavy atom. The van der Waals surface area contributed by atoms with Crippen molar-refractivity contribution in [3.05, 3.63) is 78.0 Å². The number of nitrogens with two attached hydrogens (primary N) is 1. The lowest BCUT2D eigenvalue weighted by Crippen LogP contribution is -2.20. The van der Waals surface area contributed by atoms with Crippen molar-refractivity contribution >= 4 is 37.3 Å². The third-order valence-electron chi connectivity index (χ3n) is 5.56. The van der Waals surface area contributed by atoms with Gasteiger partial charge < -0.3 is 9.88 Å². The molecule has 0 amide bonds. The monoisotopic (exact) mass is 502 g/mol. The predicted molar refractivity (Wildman–Crippen MR) is 137 cm³/mol. The smallest absolute Gasteiger partial charge is 0.199 e. The number of ketones is 1. The number of carbonyl (C=O) groups excluding carboxylic acids is 1. The highest BCUT2D eigenvalue weighted by Gasteiger charge is 2.27. The molecule has 2 heterocycles. The summed E-state index contributed by atoms with van der Waals surface area (Å²) in [7, 11) is 1.67. The van der Waals surface area contributed by atoms with Crippen LogP contribution < -0.4 is 11.2 Å². The maximum atomic E-state index is 13.2. The van der Waals surface area contributed by atoms with Crippen molar-refractivity contribution in [2.45, 2.75) is 31.8 Å². The van der Waals surface area contributed by atoms with Gasteiger partial charge in [0, 0.05) is 43.8 Å². The zero-order chi connectivity index (χ0) is 23.0. The number of benzene rings is 1. The van der Waals surface area contributed by atoms with Crippen molar-refractivity contribution in [3.63, 3.8) is 0 Å². The number of anilines is 1. The number of hydrazine groups is 1. The van der Waals surface area contributed by atoms with Crippen LogP contribution in [0.25, 0.3) is 0 Å². The van der Waals surface area contributed by atoms with Gasteiger partial charge in [-0.2, -0.15) is 17.9 Å². The number of aromatic nitrogens is 3. The van der Waals surface area contributed by atoms with Crippen molar-refractivity contribution < 1.29 is 14.0 Å². The first-order valence-electron chi connectivity index (χ1n) is 10.8. The van der Waals surface area contributed by atoms with Crippen molar-refractivity contribution in [2.75, 3.05) is 19.0 Å². The number of hydrogen-bond acceptors (Lipinski definition) is 9. The third-order valence-corrected chi connectivity index (χ3v) is 5.95. The molecule has 0 aliphatic heterocycles. The second kappa shape index (κ2) is 12.9. The molecule has 0 radical (unpaired) electrons. The normalized spacial score (nSPS) is 17.5. The van der Waals surface area contributed by atoms with Gasteiger partial charge in [-0.1, -0.05) is 30.3 Å². The summed E-state index contributed by atoms with van der Waals surface area (Å²) in [5.41, 5.74) is 2.26. The number of nitrogens with zero attached hydrogens (tertiary/aromatic N) is 4. The Kier molecular flexibility index (Phi) is 9.93. The lowest BCUT2D eigenvalue weighted by atomic mass is 10.1. The van der Waals surface area contributed by atoms with E-state index in [0.717, 1.165) is 31.5 Å². The Labute approximate surface area is 210 Å². The Morgan fingerprint density at radius 2 is 2.12 bits per heavy atom. The zero-order valence-corrected chi connectivity index (χ0v) is 20.8. The molecule has 3 N–H and O–H groups in total. The van der Waals surface area contributed by atoms with E-state index >= 15 is 0 Å². The number of carbonyl (C=O) groups is 1. The molecule has 182 valence electrons. The van der Waals surface area contributed by atoms with Crippen molar-refractivity contribution in [1.82, 2.24) is 18.9 Å². The molecular formula is C23H30N6O3S2. The first-order chi connectivity index (χ1) is 16.1. The Bertz CT molecular complexity index is 1050. The maximum Gasteiger partial charge on any atom is 0.199 e. The molecule has 2 unspecified atom stereocenters. The van der Waals surface area contributed by atoms with Gasteiger partial charge in [-0.05, 0) is 36.8 Å². The number of hydrogen-bond donors (Lipinski definition) is 2. The molecule has 1 aliphatic rings. The minimum atomic E-state index is -0.0980. The fourth-order valence-electron chi connectivity index (χ4n) is 3.98. The first-order valence-corrected chi connectivity index (χ1v) is 11.5. The van der Waals surface area contributed by atoms with Crippen LogP contribution in [0.4, 0.5) is 5.82 Å². The third kappa shape index (κ3) is 7.29. The van der Waals surface area contributed by atoms with Gasteiger partial charge in [0.15, 0.2) is 5.78 Å². The van der Waals surface area contributed by atoms with Crippen LogP contribution in [-0.2, 0) is 15.8 Å². The van der Waals surface area contributed by atoms with Crippen LogP contribution in [0.2, 0.25) is 0 Å². The van der Waals surface area contributed by atoms with E-state index in [1.54, 1.807) is 13.2 Å². The molecule has 0 spiro atoms. The Morgan fingerprint density at radius 3 is 2.91 bits per heavy atom. The molecule has 2 aromatic heterocycles. The summed E-state index contributed by atoms with van der Waals surface area (Å²) < 4.78 is 8.31. The first kappa shape index (κ1) is 26.2. The fourth-order valence-corrected chi connectivity index (χ4v) is 4.17. The summed E-state index contributed by atoms with van der Waals surface area (Å²) >= 11 is 0.940. The van der Waals surface area contributed by atoms with E-state index in [4.69, 9.17) is 15.1 Å². The predicted octanol–water partition coefficient (Wildman–Crippen LogP) is 3.57. The average Bonchev–Trinajstić information content (AvgIpc) is 3.47. The number of nitrogens with one attached hydrogen (secondary N) is 1. The zero-order valence-electron chi connectivity index (χ0n) is 19.0. The molecule has 0 bridgehead atoms. The van der Waals surface area contributed by atoms with Crippen LogP contribution in [0.1, 0.15) is 40.7 Å². The molecule has 9 nitrogen and oxygen atoms in total. The number of rotatable bonds is 11. The quantitative estimate of drug-likeness (QED) is 0.0774. The Hall–Kier alpha value is -2.41. The van der Waals surface area contributed by atoms with Crippen LogP contribution >= 0.6 is 25.7 Å². The molecular weight excluding hydrogens is 472 g/mol. The van der Waals surface area contributed by atoms with Gasteiger partial charge in [-0.3, -0.25) is 10.6 Å². The standard InChI is InChI=1S/C23H28N6O3S.H2S/c1-28(24)33-32-31-15-18-7-8-20(11-18)27-23-21(12-25-16-26-23)22(30)19-9-10-29(14-19)13-17-5-3-2-4-6-17;/h2-6,9-10,12,14,16,18,20H,7-8,11,13,15,24H2,1H3,(H,25,26,27);1H2. The van der Waals surface area contributed by atoms with Crippen molar-refractivity contribution in [2.24, 2.45) is 11.8 Å². The molecule has 1 aliphatic carbocycles. The highest BCUT2D eigenvalue weighted by atomic mass is 32.2. The molecule has 3 aromatic rings. The molecule has 11 heteroatoms. The SMILES string of the molecule is CN(N)SOOCC1CCC(Nc2ncncc2C(=O)c2ccn(Cc3ccccc3)c2)C1.S. The van der Waals surface area contributed by atoms with Gasteiger partial charge in [0.2, 0.25) is 0 Å². The lowest BCUT2D eigenvalue weighted by Gasteiger charge is -2.16. The fraction of sp³-hybridized carbons (Fsp3) is 0.348. The van der Waals surface area contributed by atoms with Crippen LogP contribution in [-0.4, -0.2) is 44.4 Å². The largest absolute Gasteiger partial charge is 0.367 e. The summed E-state index contributed by atoms with van der Waals surface area (Å²) in [6.07, 6.45) is 9.69. The van der Waals surface area contributed by atoms with Crippen LogP contribution in [0.5, 0.6) is 0 Å². The molecule has 1 saturated carbocycles. The summed E-state index contributed by atoms with van der Waals surface area (Å²) in [6.45, 7) is 1.20. The van der Waals surface area contributed by atoms with Crippen molar-refractivity contribution in [3.8, 4) is 0 Å². The van der Waals surface area contributed by atoms with Gasteiger partial charge in [-0.15, -0.1) is 4.33 Å². The van der Waals surface area contributed by atoms with E-state index < -0.39 is 0 Å². The van der Waals surface area contributed by atoms with E-state index in [2.05, 4.69) is 27.4 Å². The van der Waals surface area contributed by atoms with Crippen LogP contribution in [0, 0.1) is 5.92 Å². The van der Waals surface area contributed by atoms with E-state index in [9.17, 15) is 4.79 Å². The van der Waals surface area contributed by atoms with Gasteiger partial charge in [0.05, 0.1) is 12.2 Å². The highest BCUT2D eigenvalue weighted by Crippen LogP contribution is 2.29.